The number of carboxylic acids is 1. The maximum absolute atomic E-state index is 12.1. The summed E-state index contributed by atoms with van der Waals surface area (Å²) >= 11 is 0. The lowest BCUT2D eigenvalue weighted by Crippen LogP contribution is -2.26. The zero-order valence-corrected chi connectivity index (χ0v) is 12.0. The van der Waals surface area contributed by atoms with Gasteiger partial charge in [0.2, 0.25) is 5.91 Å². The summed E-state index contributed by atoms with van der Waals surface area (Å²) in [4.78, 5) is 23.2. The van der Waals surface area contributed by atoms with Crippen LogP contribution in [0.5, 0.6) is 5.75 Å². The molecule has 2 aliphatic carbocycles. The number of benzene rings is 1. The summed E-state index contributed by atoms with van der Waals surface area (Å²) in [5.41, 5.74) is 0.889. The SMILES string of the molecule is COc1ccc(CNC(=O)C2[C@@H]3CCC[C@@H]23)cc1C(=O)O. The van der Waals surface area contributed by atoms with Gasteiger partial charge in [0.1, 0.15) is 11.3 Å². The largest absolute Gasteiger partial charge is 0.496 e. The highest BCUT2D eigenvalue weighted by Gasteiger charge is 2.56. The summed E-state index contributed by atoms with van der Waals surface area (Å²) in [6.07, 6.45) is 3.60. The van der Waals surface area contributed by atoms with E-state index in [2.05, 4.69) is 5.32 Å². The zero-order valence-electron chi connectivity index (χ0n) is 12.0. The molecule has 0 spiro atoms. The first-order chi connectivity index (χ1) is 10.1. The van der Waals surface area contributed by atoms with Crippen LogP contribution in [-0.4, -0.2) is 24.1 Å². The molecule has 0 radical (unpaired) electrons. The molecule has 1 amide bonds. The quantitative estimate of drug-likeness (QED) is 0.870. The van der Waals surface area contributed by atoms with Crippen molar-refractivity contribution in [3.05, 3.63) is 29.3 Å². The van der Waals surface area contributed by atoms with Crippen molar-refractivity contribution in [2.45, 2.75) is 25.8 Å². The molecule has 0 unspecified atom stereocenters. The van der Waals surface area contributed by atoms with Gasteiger partial charge in [0.05, 0.1) is 7.11 Å². The number of hydrogen-bond acceptors (Lipinski definition) is 3. The summed E-state index contributed by atoms with van der Waals surface area (Å²) in [5, 5.41) is 12.1. The van der Waals surface area contributed by atoms with Crippen LogP contribution in [0.1, 0.15) is 35.2 Å². The number of fused-ring (bicyclic) bond motifs is 1. The molecule has 5 nitrogen and oxygen atoms in total. The van der Waals surface area contributed by atoms with Gasteiger partial charge in [0.25, 0.3) is 0 Å². The highest BCUT2D eigenvalue weighted by molar-refractivity contribution is 5.91. The van der Waals surface area contributed by atoms with Crippen LogP contribution in [0.25, 0.3) is 0 Å². The molecular weight excluding hydrogens is 270 g/mol. The highest BCUT2D eigenvalue weighted by atomic mass is 16.5. The molecule has 2 N–H and O–H groups in total. The van der Waals surface area contributed by atoms with Crippen LogP contribution in [0.4, 0.5) is 0 Å². The van der Waals surface area contributed by atoms with Crippen molar-refractivity contribution in [2.24, 2.45) is 17.8 Å². The van der Waals surface area contributed by atoms with E-state index in [1.165, 1.54) is 26.4 Å². The van der Waals surface area contributed by atoms with Crippen molar-refractivity contribution in [3.63, 3.8) is 0 Å². The fourth-order valence-corrected chi connectivity index (χ4v) is 3.55. The predicted molar refractivity (Wildman–Crippen MR) is 76.1 cm³/mol. The third-order valence-electron chi connectivity index (χ3n) is 4.67. The van der Waals surface area contributed by atoms with E-state index in [1.807, 2.05) is 0 Å². The number of carbonyl (C=O) groups excluding carboxylic acids is 1. The third-order valence-corrected chi connectivity index (χ3v) is 4.67. The predicted octanol–water partition coefficient (Wildman–Crippen LogP) is 2.06. The first-order valence-electron chi connectivity index (χ1n) is 7.29. The van der Waals surface area contributed by atoms with Crippen molar-refractivity contribution >= 4 is 11.9 Å². The van der Waals surface area contributed by atoms with Gasteiger partial charge in [-0.15, -0.1) is 0 Å². The fraction of sp³-hybridized carbons (Fsp3) is 0.500. The van der Waals surface area contributed by atoms with E-state index < -0.39 is 5.97 Å². The Morgan fingerprint density at radius 3 is 2.67 bits per heavy atom. The molecule has 0 heterocycles. The van der Waals surface area contributed by atoms with Gasteiger partial charge in [-0.3, -0.25) is 4.79 Å². The molecule has 0 aliphatic heterocycles. The number of hydrogen-bond donors (Lipinski definition) is 2. The van der Waals surface area contributed by atoms with E-state index in [9.17, 15) is 9.59 Å². The standard InChI is InChI=1S/C16H19NO4/c1-21-13-6-5-9(7-12(13)16(19)20)8-17-15(18)14-10-3-2-4-11(10)14/h5-7,10-11,14H,2-4,8H2,1H3,(H,17,18)(H,19,20)/t10-,11-/m1/s1. The first-order valence-corrected chi connectivity index (χ1v) is 7.29. The Hall–Kier alpha value is -2.04. The summed E-state index contributed by atoms with van der Waals surface area (Å²) in [7, 11) is 1.44. The molecule has 2 saturated carbocycles. The van der Waals surface area contributed by atoms with Crippen LogP contribution < -0.4 is 10.1 Å². The highest BCUT2D eigenvalue weighted by Crippen LogP contribution is 2.57. The second kappa shape index (κ2) is 5.39. The van der Waals surface area contributed by atoms with Crippen LogP contribution in [0.2, 0.25) is 0 Å². The Kier molecular flexibility index (Phi) is 3.57. The second-order valence-electron chi connectivity index (χ2n) is 5.84. The van der Waals surface area contributed by atoms with Crippen molar-refractivity contribution in [1.82, 2.24) is 5.32 Å². The number of ether oxygens (including phenoxy) is 1. The summed E-state index contributed by atoms with van der Waals surface area (Å²) in [6, 6.07) is 4.95. The van der Waals surface area contributed by atoms with Crippen LogP contribution in [0.3, 0.4) is 0 Å². The maximum atomic E-state index is 12.1. The molecule has 0 aromatic heterocycles. The van der Waals surface area contributed by atoms with Gasteiger partial charge >= 0.3 is 5.97 Å². The number of carbonyl (C=O) groups is 2. The van der Waals surface area contributed by atoms with E-state index in [0.29, 0.717) is 24.1 Å². The Morgan fingerprint density at radius 2 is 2.05 bits per heavy atom. The van der Waals surface area contributed by atoms with Crippen molar-refractivity contribution in [2.75, 3.05) is 7.11 Å². The van der Waals surface area contributed by atoms with Crippen molar-refractivity contribution in [1.29, 1.82) is 0 Å². The molecule has 2 atom stereocenters. The minimum atomic E-state index is -1.03. The summed E-state index contributed by atoms with van der Waals surface area (Å²) in [6.45, 7) is 0.360. The number of rotatable bonds is 5. The van der Waals surface area contributed by atoms with Gasteiger partial charge in [-0.2, -0.15) is 0 Å². The molecule has 5 heteroatoms. The minimum absolute atomic E-state index is 0.109. The van der Waals surface area contributed by atoms with Gasteiger partial charge in [-0.25, -0.2) is 4.79 Å². The number of amides is 1. The van der Waals surface area contributed by atoms with E-state index >= 15 is 0 Å². The average Bonchev–Trinajstić information content (AvgIpc) is 2.97. The average molecular weight is 289 g/mol. The summed E-state index contributed by atoms with van der Waals surface area (Å²) in [5.74, 6) is 0.783. The zero-order chi connectivity index (χ0) is 15.0. The monoisotopic (exact) mass is 289 g/mol. The van der Waals surface area contributed by atoms with Crippen molar-refractivity contribution in [3.8, 4) is 5.75 Å². The molecule has 2 aliphatic rings. The van der Waals surface area contributed by atoms with Crippen molar-refractivity contribution < 1.29 is 19.4 Å². The van der Waals surface area contributed by atoms with Gasteiger partial charge in [-0.05, 0) is 42.4 Å². The molecule has 2 fully saturated rings. The lowest BCUT2D eigenvalue weighted by molar-refractivity contribution is -0.123. The van der Waals surface area contributed by atoms with Crippen LogP contribution in [-0.2, 0) is 11.3 Å². The normalized spacial score (nSPS) is 26.0. The second-order valence-corrected chi connectivity index (χ2v) is 5.84. The third kappa shape index (κ3) is 2.60. The molecule has 3 rings (SSSR count). The van der Waals surface area contributed by atoms with Gasteiger partial charge in [0.15, 0.2) is 0 Å². The van der Waals surface area contributed by atoms with Crippen LogP contribution in [0.15, 0.2) is 18.2 Å². The van der Waals surface area contributed by atoms with Gasteiger partial charge < -0.3 is 15.2 Å². The lowest BCUT2D eigenvalue weighted by Gasteiger charge is -2.09. The molecule has 1 aromatic carbocycles. The van der Waals surface area contributed by atoms with E-state index in [-0.39, 0.29) is 17.4 Å². The number of aromatic carboxylic acids is 1. The van der Waals surface area contributed by atoms with E-state index in [4.69, 9.17) is 9.84 Å². The Labute approximate surface area is 123 Å². The Morgan fingerprint density at radius 1 is 1.33 bits per heavy atom. The number of methoxy groups -OCH3 is 1. The molecule has 0 saturated heterocycles. The molecule has 1 aromatic rings. The maximum Gasteiger partial charge on any atom is 0.339 e. The van der Waals surface area contributed by atoms with E-state index in [0.717, 1.165) is 5.56 Å². The van der Waals surface area contributed by atoms with Gasteiger partial charge in [0, 0.05) is 12.5 Å². The molecule has 112 valence electrons. The van der Waals surface area contributed by atoms with E-state index in [1.54, 1.807) is 18.2 Å². The van der Waals surface area contributed by atoms with Crippen LogP contribution in [0, 0.1) is 17.8 Å². The smallest absolute Gasteiger partial charge is 0.339 e. The molecule has 0 bridgehead atoms. The Balaban J connectivity index is 1.61. The topological polar surface area (TPSA) is 75.6 Å². The van der Waals surface area contributed by atoms with Gasteiger partial charge in [-0.1, -0.05) is 12.5 Å². The summed E-state index contributed by atoms with van der Waals surface area (Å²) < 4.78 is 5.02. The number of carboxylic acid groups (broad SMARTS) is 1. The Bertz CT molecular complexity index is 574. The van der Waals surface area contributed by atoms with Crippen LogP contribution >= 0.6 is 0 Å². The first kappa shape index (κ1) is 13.9. The molecule has 21 heavy (non-hydrogen) atoms. The number of nitrogens with one attached hydrogen (secondary N) is 1. The fourth-order valence-electron chi connectivity index (χ4n) is 3.55. The minimum Gasteiger partial charge on any atom is -0.496 e. The lowest BCUT2D eigenvalue weighted by atomic mass is 10.1. The molecular formula is C16H19NO4.